The number of thiophene rings is 1. The van der Waals surface area contributed by atoms with E-state index in [4.69, 9.17) is 0 Å². The number of unbranched alkanes of at least 4 members (excludes halogenated alkanes) is 3. The predicted molar refractivity (Wildman–Crippen MR) is 79.0 cm³/mol. The molecule has 0 spiro atoms. The van der Waals surface area contributed by atoms with E-state index in [0.29, 0.717) is 6.04 Å². The van der Waals surface area contributed by atoms with E-state index in [1.165, 1.54) is 49.9 Å². The van der Waals surface area contributed by atoms with Crippen molar-refractivity contribution in [1.29, 1.82) is 0 Å². The van der Waals surface area contributed by atoms with Crippen LogP contribution in [0.5, 0.6) is 0 Å². The van der Waals surface area contributed by atoms with Gasteiger partial charge in [-0.05, 0) is 44.4 Å². The van der Waals surface area contributed by atoms with Gasteiger partial charge in [-0.2, -0.15) is 0 Å². The summed E-state index contributed by atoms with van der Waals surface area (Å²) in [4.78, 5) is 3.10. The molecule has 1 heterocycles. The highest BCUT2D eigenvalue weighted by atomic mass is 32.1. The van der Waals surface area contributed by atoms with Crippen LogP contribution in [0.15, 0.2) is 12.1 Å². The first-order valence-electron chi connectivity index (χ1n) is 7.03. The lowest BCUT2D eigenvalue weighted by atomic mass is 10.1. The average Bonchev–Trinajstić information content (AvgIpc) is 2.75. The van der Waals surface area contributed by atoms with Crippen molar-refractivity contribution in [3.63, 3.8) is 0 Å². The lowest BCUT2D eigenvalue weighted by molar-refractivity contribution is 0.542. The summed E-state index contributed by atoms with van der Waals surface area (Å²) >= 11 is 1.99. The monoisotopic (exact) mass is 253 g/mol. The molecule has 1 aromatic rings. The fraction of sp³-hybridized carbons (Fsp3) is 0.733. The van der Waals surface area contributed by atoms with Gasteiger partial charge in [-0.15, -0.1) is 11.3 Å². The Morgan fingerprint density at radius 3 is 2.41 bits per heavy atom. The Hall–Kier alpha value is -0.340. The summed E-state index contributed by atoms with van der Waals surface area (Å²) in [6.07, 6.45) is 7.88. The maximum Gasteiger partial charge on any atom is 0.00481 e. The number of nitrogens with one attached hydrogen (secondary N) is 1. The second-order valence-corrected chi connectivity index (χ2v) is 6.25. The molecule has 0 fully saturated rings. The quantitative estimate of drug-likeness (QED) is 0.643. The molecule has 0 unspecified atom stereocenters. The Labute approximate surface area is 111 Å². The summed E-state index contributed by atoms with van der Waals surface area (Å²) in [6.45, 7) is 7.83. The first kappa shape index (κ1) is 14.7. The summed E-state index contributed by atoms with van der Waals surface area (Å²) in [7, 11) is 0. The van der Waals surface area contributed by atoms with Gasteiger partial charge in [0.2, 0.25) is 0 Å². The van der Waals surface area contributed by atoms with Crippen molar-refractivity contribution in [3.05, 3.63) is 21.9 Å². The minimum atomic E-state index is 0.633. The van der Waals surface area contributed by atoms with E-state index in [-0.39, 0.29) is 0 Å². The highest BCUT2D eigenvalue weighted by Gasteiger charge is 1.98. The van der Waals surface area contributed by atoms with Crippen LogP contribution in [0.2, 0.25) is 0 Å². The molecule has 0 aliphatic heterocycles. The third-order valence-electron chi connectivity index (χ3n) is 2.97. The van der Waals surface area contributed by atoms with Crippen molar-refractivity contribution in [2.45, 2.75) is 65.3 Å². The molecule has 0 aliphatic carbocycles. The zero-order chi connectivity index (χ0) is 12.5. The Bertz CT molecular complexity index is 291. The molecular weight excluding hydrogens is 226 g/mol. The van der Waals surface area contributed by atoms with Gasteiger partial charge in [0.05, 0.1) is 0 Å². The van der Waals surface area contributed by atoms with Crippen LogP contribution < -0.4 is 5.32 Å². The zero-order valence-corrected chi connectivity index (χ0v) is 12.4. The van der Waals surface area contributed by atoms with Gasteiger partial charge in [0, 0.05) is 15.8 Å². The SMILES string of the molecule is CCc1ccc(CCCCCCNC(C)C)s1. The fourth-order valence-corrected chi connectivity index (χ4v) is 2.91. The van der Waals surface area contributed by atoms with E-state index >= 15 is 0 Å². The molecule has 0 saturated heterocycles. The van der Waals surface area contributed by atoms with Crippen LogP contribution >= 0.6 is 11.3 Å². The van der Waals surface area contributed by atoms with Gasteiger partial charge < -0.3 is 5.32 Å². The topological polar surface area (TPSA) is 12.0 Å². The minimum absolute atomic E-state index is 0.633. The van der Waals surface area contributed by atoms with Crippen LogP contribution in [0, 0.1) is 0 Å². The summed E-state index contributed by atoms with van der Waals surface area (Å²) in [5.41, 5.74) is 0. The number of hydrogen-bond donors (Lipinski definition) is 1. The van der Waals surface area contributed by atoms with Gasteiger partial charge in [-0.25, -0.2) is 0 Å². The molecule has 1 rings (SSSR count). The molecule has 2 heteroatoms. The van der Waals surface area contributed by atoms with Gasteiger partial charge in [0.25, 0.3) is 0 Å². The third kappa shape index (κ3) is 6.85. The fourth-order valence-electron chi connectivity index (χ4n) is 1.92. The predicted octanol–water partition coefficient (Wildman–Crippen LogP) is 4.41. The van der Waals surface area contributed by atoms with Crippen LogP contribution in [-0.4, -0.2) is 12.6 Å². The van der Waals surface area contributed by atoms with Crippen molar-refractivity contribution < 1.29 is 0 Å². The van der Waals surface area contributed by atoms with Gasteiger partial charge in [-0.3, -0.25) is 0 Å². The van der Waals surface area contributed by atoms with Gasteiger partial charge in [-0.1, -0.05) is 33.6 Å². The second-order valence-electron chi connectivity index (χ2n) is 4.99. The average molecular weight is 253 g/mol. The van der Waals surface area contributed by atoms with Crippen molar-refractivity contribution in [2.24, 2.45) is 0 Å². The van der Waals surface area contributed by atoms with Gasteiger partial charge in [0.1, 0.15) is 0 Å². The van der Waals surface area contributed by atoms with Crippen molar-refractivity contribution in [2.75, 3.05) is 6.54 Å². The molecule has 1 aromatic heterocycles. The molecule has 1 nitrogen and oxygen atoms in total. The molecule has 0 atom stereocenters. The first-order valence-corrected chi connectivity index (χ1v) is 7.85. The van der Waals surface area contributed by atoms with Crippen LogP contribution in [0.25, 0.3) is 0 Å². The Morgan fingerprint density at radius 1 is 1.06 bits per heavy atom. The van der Waals surface area contributed by atoms with Crippen LogP contribution in [0.4, 0.5) is 0 Å². The molecule has 0 amide bonds. The lowest BCUT2D eigenvalue weighted by Crippen LogP contribution is -2.23. The van der Waals surface area contributed by atoms with Gasteiger partial charge in [0.15, 0.2) is 0 Å². The molecule has 0 bridgehead atoms. The van der Waals surface area contributed by atoms with Crippen molar-refractivity contribution in [1.82, 2.24) is 5.32 Å². The highest BCUT2D eigenvalue weighted by Crippen LogP contribution is 2.19. The van der Waals surface area contributed by atoms with E-state index in [1.807, 2.05) is 11.3 Å². The largest absolute Gasteiger partial charge is 0.315 e. The number of rotatable bonds is 9. The number of hydrogen-bond acceptors (Lipinski definition) is 2. The first-order chi connectivity index (χ1) is 8.22. The minimum Gasteiger partial charge on any atom is -0.315 e. The molecule has 0 aliphatic rings. The molecule has 0 radical (unpaired) electrons. The van der Waals surface area contributed by atoms with E-state index < -0.39 is 0 Å². The third-order valence-corrected chi connectivity index (χ3v) is 4.26. The second kappa shape index (κ2) is 8.71. The maximum atomic E-state index is 3.47. The molecular formula is C15H27NS. The molecule has 17 heavy (non-hydrogen) atoms. The zero-order valence-electron chi connectivity index (χ0n) is 11.6. The number of aryl methyl sites for hydroxylation is 2. The Balaban J connectivity index is 1.97. The van der Waals surface area contributed by atoms with E-state index in [0.717, 1.165) is 0 Å². The summed E-state index contributed by atoms with van der Waals surface area (Å²) in [6, 6.07) is 5.23. The van der Waals surface area contributed by atoms with Crippen LogP contribution in [0.3, 0.4) is 0 Å². The molecule has 98 valence electrons. The van der Waals surface area contributed by atoms with Crippen molar-refractivity contribution in [3.8, 4) is 0 Å². The van der Waals surface area contributed by atoms with E-state index in [9.17, 15) is 0 Å². The van der Waals surface area contributed by atoms with Crippen LogP contribution in [0.1, 0.15) is 56.2 Å². The summed E-state index contributed by atoms with van der Waals surface area (Å²) in [5, 5.41) is 3.47. The van der Waals surface area contributed by atoms with Crippen molar-refractivity contribution >= 4 is 11.3 Å². The highest BCUT2D eigenvalue weighted by molar-refractivity contribution is 7.11. The van der Waals surface area contributed by atoms with E-state index in [1.54, 1.807) is 4.88 Å². The maximum absolute atomic E-state index is 3.47. The smallest absolute Gasteiger partial charge is 0.00481 e. The Kier molecular flexibility index (Phi) is 7.54. The Morgan fingerprint density at radius 2 is 1.76 bits per heavy atom. The van der Waals surface area contributed by atoms with Gasteiger partial charge >= 0.3 is 0 Å². The van der Waals surface area contributed by atoms with E-state index in [2.05, 4.69) is 38.2 Å². The molecule has 0 saturated carbocycles. The summed E-state index contributed by atoms with van der Waals surface area (Å²) < 4.78 is 0. The molecule has 0 aromatic carbocycles. The standard InChI is InChI=1S/C15H27NS/c1-4-14-10-11-15(17-14)9-7-5-6-8-12-16-13(2)3/h10-11,13,16H,4-9,12H2,1-3H3. The van der Waals surface area contributed by atoms with Crippen LogP contribution in [-0.2, 0) is 12.8 Å². The normalized spacial score (nSPS) is 11.3. The molecule has 1 N–H and O–H groups in total. The summed E-state index contributed by atoms with van der Waals surface area (Å²) in [5.74, 6) is 0. The lowest BCUT2D eigenvalue weighted by Gasteiger charge is -2.07.